The van der Waals surface area contributed by atoms with Crippen LogP contribution in [0.25, 0.3) is 5.52 Å². The molecule has 3 unspecified atom stereocenters. The molecule has 3 aromatic rings. The molecule has 2 saturated heterocycles. The third-order valence-electron chi connectivity index (χ3n) is 6.52. The molecule has 0 aliphatic carbocycles. The highest BCUT2D eigenvalue weighted by atomic mass is 32.2. The highest BCUT2D eigenvalue weighted by molar-refractivity contribution is 7.99. The molecule has 9 nitrogen and oxygen atoms in total. The highest BCUT2D eigenvalue weighted by Gasteiger charge is 2.33. The molecular formula is C28H40FN5O4S. The first kappa shape index (κ1) is 30.6. The smallest absolute Gasteiger partial charge is 0.250 e. The number of aryl methyl sites for hydroxylation is 1. The number of amides is 1. The van der Waals surface area contributed by atoms with Crippen LogP contribution in [-0.4, -0.2) is 64.0 Å². The molecule has 5 rings (SSSR count). The van der Waals surface area contributed by atoms with E-state index in [1.54, 1.807) is 19.2 Å². The lowest BCUT2D eigenvalue weighted by molar-refractivity contribution is -0.00432. The van der Waals surface area contributed by atoms with Crippen molar-refractivity contribution in [3.8, 4) is 5.75 Å². The van der Waals surface area contributed by atoms with Crippen molar-refractivity contribution in [2.75, 3.05) is 36.6 Å². The number of rotatable bonds is 7. The van der Waals surface area contributed by atoms with E-state index in [4.69, 9.17) is 19.9 Å². The molecule has 0 bridgehead atoms. The summed E-state index contributed by atoms with van der Waals surface area (Å²) in [5.74, 6) is 2.63. The Morgan fingerprint density at radius 1 is 1.31 bits per heavy atom. The SMILES string of the molecule is C1CSCCO1.CC.CCC(Oc1cc(F)ccc1Nc1ncnn2cc(C(N)=O)c(C)c12)C1OCCC1C. The van der Waals surface area contributed by atoms with Crippen molar-refractivity contribution in [3.05, 3.63) is 47.7 Å². The van der Waals surface area contributed by atoms with Crippen molar-refractivity contribution in [1.82, 2.24) is 14.6 Å². The number of halogens is 1. The van der Waals surface area contributed by atoms with Crippen LogP contribution in [0.5, 0.6) is 5.75 Å². The maximum atomic E-state index is 14.1. The van der Waals surface area contributed by atoms with Gasteiger partial charge in [-0.3, -0.25) is 4.79 Å². The molecule has 39 heavy (non-hydrogen) atoms. The van der Waals surface area contributed by atoms with E-state index in [1.807, 2.05) is 32.5 Å². The number of fused-ring (bicyclic) bond motifs is 1. The van der Waals surface area contributed by atoms with E-state index in [-0.39, 0.29) is 12.2 Å². The van der Waals surface area contributed by atoms with Crippen LogP contribution < -0.4 is 15.8 Å². The Bertz CT molecular complexity index is 1210. The van der Waals surface area contributed by atoms with Crippen molar-refractivity contribution in [1.29, 1.82) is 0 Å². The Balaban J connectivity index is 0.000000457. The summed E-state index contributed by atoms with van der Waals surface area (Å²) in [4.78, 5) is 16.0. The van der Waals surface area contributed by atoms with E-state index >= 15 is 0 Å². The minimum Gasteiger partial charge on any atom is -0.485 e. The number of hydrogen-bond donors (Lipinski definition) is 2. The van der Waals surface area contributed by atoms with Crippen molar-refractivity contribution >= 4 is 34.7 Å². The fraction of sp³-hybridized carbons (Fsp3) is 0.536. The van der Waals surface area contributed by atoms with Crippen LogP contribution in [0.4, 0.5) is 15.9 Å². The van der Waals surface area contributed by atoms with Gasteiger partial charge in [0.15, 0.2) is 5.82 Å². The number of hydrogen-bond acceptors (Lipinski definition) is 8. The number of nitrogens with zero attached hydrogens (tertiary/aromatic N) is 3. The third-order valence-corrected chi connectivity index (χ3v) is 7.44. The van der Waals surface area contributed by atoms with E-state index in [9.17, 15) is 9.18 Å². The predicted molar refractivity (Wildman–Crippen MR) is 154 cm³/mol. The topological polar surface area (TPSA) is 113 Å². The maximum Gasteiger partial charge on any atom is 0.250 e. The minimum atomic E-state index is -0.545. The van der Waals surface area contributed by atoms with Gasteiger partial charge >= 0.3 is 0 Å². The molecule has 2 aliphatic rings. The van der Waals surface area contributed by atoms with Crippen molar-refractivity contribution in [3.63, 3.8) is 0 Å². The van der Waals surface area contributed by atoms with Crippen LogP contribution in [0, 0.1) is 18.7 Å². The average Bonchev–Trinajstić information content (AvgIpc) is 3.54. The molecule has 0 radical (unpaired) electrons. The van der Waals surface area contributed by atoms with E-state index in [0.29, 0.717) is 46.4 Å². The van der Waals surface area contributed by atoms with E-state index in [1.165, 1.54) is 34.5 Å². The molecule has 4 heterocycles. The first-order chi connectivity index (χ1) is 18.9. The summed E-state index contributed by atoms with van der Waals surface area (Å²) in [5.41, 5.74) is 7.63. The lowest BCUT2D eigenvalue weighted by atomic mass is 9.98. The van der Waals surface area contributed by atoms with Gasteiger partial charge in [0.05, 0.1) is 30.6 Å². The second kappa shape index (κ2) is 15.0. The third kappa shape index (κ3) is 7.83. The number of nitrogens with one attached hydrogen (secondary N) is 1. The number of aromatic nitrogens is 3. The Hall–Kier alpha value is -2.89. The van der Waals surface area contributed by atoms with Gasteiger partial charge in [-0.1, -0.05) is 27.7 Å². The van der Waals surface area contributed by atoms with Gasteiger partial charge in [0, 0.05) is 30.4 Å². The molecule has 0 saturated carbocycles. The fourth-order valence-electron chi connectivity index (χ4n) is 4.50. The average molecular weight is 562 g/mol. The number of benzene rings is 1. The molecule has 2 fully saturated rings. The zero-order chi connectivity index (χ0) is 28.4. The van der Waals surface area contributed by atoms with Gasteiger partial charge in [0.1, 0.15) is 29.5 Å². The zero-order valence-corrected chi connectivity index (χ0v) is 24.2. The Labute approximate surface area is 234 Å². The van der Waals surface area contributed by atoms with Gasteiger partial charge in [0.2, 0.25) is 0 Å². The van der Waals surface area contributed by atoms with Crippen LogP contribution in [0.3, 0.4) is 0 Å². The Kier molecular flexibility index (Phi) is 11.8. The number of nitrogens with two attached hydrogens (primary N) is 1. The zero-order valence-electron chi connectivity index (χ0n) is 23.4. The fourth-order valence-corrected chi connectivity index (χ4v) is 5.18. The Morgan fingerprint density at radius 3 is 2.62 bits per heavy atom. The van der Waals surface area contributed by atoms with E-state index in [2.05, 4.69) is 22.3 Å². The van der Waals surface area contributed by atoms with Gasteiger partial charge in [-0.05, 0) is 43.4 Å². The summed E-state index contributed by atoms with van der Waals surface area (Å²) >= 11 is 1.97. The van der Waals surface area contributed by atoms with Gasteiger partial charge in [-0.25, -0.2) is 13.9 Å². The number of thioether (sulfide) groups is 1. The molecule has 1 amide bonds. The second-order valence-corrected chi connectivity index (χ2v) is 10.3. The molecule has 3 N–H and O–H groups in total. The van der Waals surface area contributed by atoms with Crippen LogP contribution in [0.2, 0.25) is 0 Å². The second-order valence-electron chi connectivity index (χ2n) is 9.09. The molecule has 11 heteroatoms. The summed E-state index contributed by atoms with van der Waals surface area (Å²) in [6.45, 7) is 12.6. The first-order valence-corrected chi connectivity index (χ1v) is 14.7. The predicted octanol–water partition coefficient (Wildman–Crippen LogP) is 5.38. The molecular weight excluding hydrogens is 521 g/mol. The largest absolute Gasteiger partial charge is 0.485 e. The number of primary amides is 1. The summed E-state index contributed by atoms with van der Waals surface area (Å²) in [6.07, 6.45) is 4.38. The molecule has 0 spiro atoms. The first-order valence-electron chi connectivity index (χ1n) is 13.5. The van der Waals surface area contributed by atoms with Crippen molar-refractivity contribution < 1.29 is 23.4 Å². The molecule has 1 aromatic carbocycles. The monoisotopic (exact) mass is 561 g/mol. The molecule has 2 aliphatic heterocycles. The van der Waals surface area contributed by atoms with Crippen molar-refractivity contribution in [2.24, 2.45) is 11.7 Å². The summed E-state index contributed by atoms with van der Waals surface area (Å²) < 4.78 is 32.8. The lowest BCUT2D eigenvalue weighted by Crippen LogP contribution is -2.34. The Morgan fingerprint density at radius 2 is 2.05 bits per heavy atom. The van der Waals surface area contributed by atoms with E-state index in [0.717, 1.165) is 26.1 Å². The van der Waals surface area contributed by atoms with Gasteiger partial charge in [-0.15, -0.1) is 0 Å². The summed E-state index contributed by atoms with van der Waals surface area (Å²) in [5, 5.41) is 7.37. The van der Waals surface area contributed by atoms with Gasteiger partial charge in [-0.2, -0.15) is 16.9 Å². The summed E-state index contributed by atoms with van der Waals surface area (Å²) in [7, 11) is 0. The van der Waals surface area contributed by atoms with Crippen LogP contribution in [-0.2, 0) is 9.47 Å². The summed E-state index contributed by atoms with van der Waals surface area (Å²) in [6, 6.07) is 4.30. The van der Waals surface area contributed by atoms with Crippen molar-refractivity contribution in [2.45, 2.75) is 59.7 Å². The maximum absolute atomic E-state index is 14.1. The normalized spacial score (nSPS) is 19.3. The van der Waals surface area contributed by atoms with Crippen LogP contribution in [0.1, 0.15) is 56.5 Å². The van der Waals surface area contributed by atoms with Gasteiger partial charge < -0.3 is 25.3 Å². The number of anilines is 2. The van der Waals surface area contributed by atoms with Crippen LogP contribution in [0.15, 0.2) is 30.7 Å². The highest BCUT2D eigenvalue weighted by Crippen LogP contribution is 2.34. The van der Waals surface area contributed by atoms with E-state index < -0.39 is 11.7 Å². The standard InChI is InChI=1S/C22H26FN5O3.C4H8OS.C2H6/c1-4-17(20-12(2)7-8-30-20)31-18-9-14(23)5-6-16(18)27-22-19-13(3)15(21(24)29)10-28(19)26-11-25-22;1-3-6-4-2-5-1;1-2/h5-6,9-12,17,20H,4,7-8H2,1-3H3,(H2,24,29)(H,25,26,27);1-4H2;1-2H3. The quantitative estimate of drug-likeness (QED) is 0.396. The number of carbonyl (C=O) groups is 1. The molecule has 2 aromatic heterocycles. The molecule has 3 atom stereocenters. The number of carbonyl (C=O) groups excluding carboxylic acids is 1. The van der Waals surface area contributed by atoms with Crippen LogP contribution >= 0.6 is 11.8 Å². The van der Waals surface area contributed by atoms with Gasteiger partial charge in [0.25, 0.3) is 5.91 Å². The molecule has 214 valence electrons. The minimum absolute atomic E-state index is 0.0436. The number of ether oxygens (including phenoxy) is 3. The lowest BCUT2D eigenvalue weighted by Gasteiger charge is -2.27.